The Morgan fingerprint density at radius 1 is 1.24 bits per heavy atom. The molecule has 21 heavy (non-hydrogen) atoms. The SMILES string of the molecule is O=C1C[C@H](C(=O)NCc2ccccn2)c2ccccc2N1. The minimum absolute atomic E-state index is 0.133. The van der Waals surface area contributed by atoms with Gasteiger partial charge in [0.2, 0.25) is 11.8 Å². The number of fused-ring (bicyclic) bond motifs is 1. The molecule has 0 saturated carbocycles. The molecule has 106 valence electrons. The first kappa shape index (κ1) is 13.3. The third kappa shape index (κ3) is 2.91. The van der Waals surface area contributed by atoms with Gasteiger partial charge in [0, 0.05) is 18.3 Å². The van der Waals surface area contributed by atoms with Crippen LogP contribution in [-0.4, -0.2) is 16.8 Å². The topological polar surface area (TPSA) is 71.1 Å². The molecule has 2 aromatic rings. The van der Waals surface area contributed by atoms with Gasteiger partial charge in [-0.2, -0.15) is 0 Å². The van der Waals surface area contributed by atoms with Crippen LogP contribution in [0.3, 0.4) is 0 Å². The Labute approximate surface area is 122 Å². The van der Waals surface area contributed by atoms with E-state index in [1.54, 1.807) is 6.20 Å². The fraction of sp³-hybridized carbons (Fsp3) is 0.188. The molecule has 1 aliphatic heterocycles. The number of nitrogens with one attached hydrogen (secondary N) is 2. The number of hydrogen-bond donors (Lipinski definition) is 2. The lowest BCUT2D eigenvalue weighted by atomic mass is 9.90. The Morgan fingerprint density at radius 3 is 2.86 bits per heavy atom. The second kappa shape index (κ2) is 5.75. The van der Waals surface area contributed by atoms with Crippen LogP contribution in [0, 0.1) is 0 Å². The summed E-state index contributed by atoms with van der Waals surface area (Å²) < 4.78 is 0. The molecule has 0 spiro atoms. The zero-order chi connectivity index (χ0) is 14.7. The lowest BCUT2D eigenvalue weighted by molar-refractivity contribution is -0.126. The molecular weight excluding hydrogens is 266 g/mol. The number of amides is 2. The molecule has 1 atom stereocenters. The van der Waals surface area contributed by atoms with Gasteiger partial charge < -0.3 is 10.6 Å². The van der Waals surface area contributed by atoms with Gasteiger partial charge in [0.1, 0.15) is 0 Å². The fourth-order valence-corrected chi connectivity index (χ4v) is 2.45. The first-order valence-corrected chi connectivity index (χ1v) is 6.80. The number of carbonyl (C=O) groups is 2. The molecule has 2 amide bonds. The number of pyridine rings is 1. The van der Waals surface area contributed by atoms with E-state index in [1.165, 1.54) is 0 Å². The third-order valence-electron chi connectivity index (χ3n) is 3.49. The zero-order valence-electron chi connectivity index (χ0n) is 11.4. The molecule has 2 N–H and O–H groups in total. The Hall–Kier alpha value is -2.69. The summed E-state index contributed by atoms with van der Waals surface area (Å²) in [6.45, 7) is 0.361. The highest BCUT2D eigenvalue weighted by Gasteiger charge is 2.30. The van der Waals surface area contributed by atoms with Gasteiger partial charge in [-0.15, -0.1) is 0 Å². The van der Waals surface area contributed by atoms with E-state index in [-0.39, 0.29) is 18.2 Å². The number of nitrogens with zero attached hydrogens (tertiary/aromatic N) is 1. The van der Waals surface area contributed by atoms with Crippen LogP contribution in [0.15, 0.2) is 48.7 Å². The van der Waals surface area contributed by atoms with Gasteiger partial charge in [0.05, 0.1) is 18.2 Å². The molecule has 0 bridgehead atoms. The number of rotatable bonds is 3. The van der Waals surface area contributed by atoms with Gasteiger partial charge in [-0.3, -0.25) is 14.6 Å². The van der Waals surface area contributed by atoms with E-state index < -0.39 is 5.92 Å². The van der Waals surface area contributed by atoms with E-state index in [1.807, 2.05) is 42.5 Å². The quantitative estimate of drug-likeness (QED) is 0.901. The maximum Gasteiger partial charge on any atom is 0.228 e. The van der Waals surface area contributed by atoms with E-state index in [9.17, 15) is 9.59 Å². The van der Waals surface area contributed by atoms with Crippen LogP contribution in [0.2, 0.25) is 0 Å². The molecule has 0 radical (unpaired) electrons. The van der Waals surface area contributed by atoms with Crippen molar-refractivity contribution in [3.8, 4) is 0 Å². The number of carbonyl (C=O) groups excluding carboxylic acids is 2. The average Bonchev–Trinajstić information content (AvgIpc) is 2.52. The first-order chi connectivity index (χ1) is 10.2. The van der Waals surface area contributed by atoms with Crippen molar-refractivity contribution in [3.05, 3.63) is 59.9 Å². The maximum absolute atomic E-state index is 12.4. The molecule has 5 heteroatoms. The Morgan fingerprint density at radius 2 is 2.05 bits per heavy atom. The van der Waals surface area contributed by atoms with Gasteiger partial charge in [-0.05, 0) is 23.8 Å². The normalized spacial score (nSPS) is 16.8. The molecule has 1 aliphatic rings. The van der Waals surface area contributed by atoms with Crippen molar-refractivity contribution in [1.29, 1.82) is 0 Å². The number of anilines is 1. The van der Waals surface area contributed by atoms with Crippen LogP contribution >= 0.6 is 0 Å². The highest BCUT2D eigenvalue weighted by molar-refractivity contribution is 6.01. The van der Waals surface area contributed by atoms with E-state index in [0.29, 0.717) is 12.2 Å². The Bertz CT molecular complexity index is 670. The van der Waals surface area contributed by atoms with Crippen molar-refractivity contribution in [2.45, 2.75) is 18.9 Å². The fourth-order valence-electron chi connectivity index (χ4n) is 2.45. The van der Waals surface area contributed by atoms with Crippen LogP contribution in [0.1, 0.15) is 23.6 Å². The van der Waals surface area contributed by atoms with Crippen LogP contribution in [0.25, 0.3) is 0 Å². The van der Waals surface area contributed by atoms with Crippen molar-refractivity contribution in [2.24, 2.45) is 0 Å². The van der Waals surface area contributed by atoms with Crippen molar-refractivity contribution >= 4 is 17.5 Å². The second-order valence-corrected chi connectivity index (χ2v) is 4.93. The molecular formula is C16H15N3O2. The molecule has 3 rings (SSSR count). The summed E-state index contributed by atoms with van der Waals surface area (Å²) >= 11 is 0. The molecule has 0 aliphatic carbocycles. The molecule has 0 saturated heterocycles. The Kier molecular flexibility index (Phi) is 3.64. The van der Waals surface area contributed by atoms with Gasteiger partial charge in [-0.1, -0.05) is 24.3 Å². The van der Waals surface area contributed by atoms with Gasteiger partial charge in [0.15, 0.2) is 0 Å². The predicted octanol–water partition coefficient (Wildman–Crippen LogP) is 1.82. The predicted molar refractivity (Wildman–Crippen MR) is 78.5 cm³/mol. The molecule has 5 nitrogen and oxygen atoms in total. The standard InChI is InChI=1S/C16H15N3O2/c20-15-9-13(12-6-1-2-7-14(12)19-15)16(21)18-10-11-5-3-4-8-17-11/h1-8,13H,9-10H2,(H,18,21)(H,19,20)/t13-/m0/s1. The van der Waals surface area contributed by atoms with Crippen LogP contribution in [0.5, 0.6) is 0 Å². The molecule has 0 unspecified atom stereocenters. The summed E-state index contributed by atoms with van der Waals surface area (Å²) in [5.74, 6) is -0.728. The lowest BCUT2D eigenvalue weighted by Gasteiger charge is -2.24. The van der Waals surface area contributed by atoms with Crippen molar-refractivity contribution in [3.63, 3.8) is 0 Å². The minimum Gasteiger partial charge on any atom is -0.350 e. The molecule has 1 aromatic carbocycles. The van der Waals surface area contributed by atoms with Gasteiger partial charge >= 0.3 is 0 Å². The third-order valence-corrected chi connectivity index (χ3v) is 3.49. The van der Waals surface area contributed by atoms with Crippen molar-refractivity contribution in [1.82, 2.24) is 10.3 Å². The van der Waals surface area contributed by atoms with Crippen molar-refractivity contribution < 1.29 is 9.59 Å². The summed E-state index contributed by atoms with van der Waals surface area (Å²) in [4.78, 5) is 28.2. The maximum atomic E-state index is 12.4. The highest BCUT2D eigenvalue weighted by Crippen LogP contribution is 2.31. The number of para-hydroxylation sites is 1. The largest absolute Gasteiger partial charge is 0.350 e. The van der Waals surface area contributed by atoms with E-state index >= 15 is 0 Å². The first-order valence-electron chi connectivity index (χ1n) is 6.80. The summed E-state index contributed by atoms with van der Waals surface area (Å²) in [6.07, 6.45) is 1.86. The van der Waals surface area contributed by atoms with E-state index in [0.717, 1.165) is 11.3 Å². The van der Waals surface area contributed by atoms with E-state index in [2.05, 4.69) is 15.6 Å². The molecule has 1 aromatic heterocycles. The second-order valence-electron chi connectivity index (χ2n) is 4.93. The van der Waals surface area contributed by atoms with Gasteiger partial charge in [-0.25, -0.2) is 0 Å². The number of aromatic nitrogens is 1. The zero-order valence-corrected chi connectivity index (χ0v) is 11.4. The van der Waals surface area contributed by atoms with E-state index in [4.69, 9.17) is 0 Å². The minimum atomic E-state index is -0.446. The summed E-state index contributed by atoms with van der Waals surface area (Å²) in [7, 11) is 0. The molecule has 0 fully saturated rings. The Balaban J connectivity index is 1.74. The number of hydrogen-bond acceptors (Lipinski definition) is 3. The average molecular weight is 281 g/mol. The molecule has 2 heterocycles. The van der Waals surface area contributed by atoms with Crippen LogP contribution in [-0.2, 0) is 16.1 Å². The smallest absolute Gasteiger partial charge is 0.228 e. The lowest BCUT2D eigenvalue weighted by Crippen LogP contribution is -2.34. The van der Waals surface area contributed by atoms with Crippen LogP contribution < -0.4 is 10.6 Å². The summed E-state index contributed by atoms with van der Waals surface area (Å²) in [6, 6.07) is 12.9. The number of benzene rings is 1. The summed E-state index contributed by atoms with van der Waals surface area (Å²) in [5, 5.41) is 5.64. The van der Waals surface area contributed by atoms with Crippen molar-refractivity contribution in [2.75, 3.05) is 5.32 Å². The van der Waals surface area contributed by atoms with Gasteiger partial charge in [0.25, 0.3) is 0 Å². The van der Waals surface area contributed by atoms with Crippen LogP contribution in [0.4, 0.5) is 5.69 Å². The summed E-state index contributed by atoms with van der Waals surface area (Å²) in [5.41, 5.74) is 2.36. The highest BCUT2D eigenvalue weighted by atomic mass is 16.2. The monoisotopic (exact) mass is 281 g/mol.